The Labute approximate surface area is 185 Å². The SMILES string of the molecule is CN(C)S(=O)(=O)c1cc(C(=O)N2CCCN(c3ccc(C#N)cc3)CC2)ccc1Br. The van der Waals surface area contributed by atoms with Crippen molar-refractivity contribution >= 4 is 37.5 Å². The van der Waals surface area contributed by atoms with Crippen LogP contribution in [0, 0.1) is 11.3 Å². The highest BCUT2D eigenvalue weighted by molar-refractivity contribution is 9.10. The highest BCUT2D eigenvalue weighted by Gasteiger charge is 2.25. The van der Waals surface area contributed by atoms with Crippen LogP contribution in [0.25, 0.3) is 0 Å². The monoisotopic (exact) mass is 490 g/mol. The van der Waals surface area contributed by atoms with E-state index in [1.165, 1.54) is 20.2 Å². The van der Waals surface area contributed by atoms with Gasteiger partial charge in [0, 0.05) is 56.0 Å². The number of nitrogens with zero attached hydrogens (tertiary/aromatic N) is 4. The fourth-order valence-corrected chi connectivity index (χ4v) is 5.18. The van der Waals surface area contributed by atoms with Crippen LogP contribution in [0.4, 0.5) is 5.69 Å². The maximum absolute atomic E-state index is 13.1. The Bertz CT molecular complexity index is 1080. The normalized spacial score (nSPS) is 15.0. The van der Waals surface area contributed by atoms with Crippen LogP contribution in [0.2, 0.25) is 0 Å². The van der Waals surface area contributed by atoms with E-state index in [2.05, 4.69) is 26.9 Å². The molecule has 9 heteroatoms. The molecule has 7 nitrogen and oxygen atoms in total. The summed E-state index contributed by atoms with van der Waals surface area (Å²) in [4.78, 5) is 17.1. The van der Waals surface area contributed by atoms with Crippen molar-refractivity contribution in [1.29, 1.82) is 5.26 Å². The van der Waals surface area contributed by atoms with E-state index >= 15 is 0 Å². The molecule has 2 aromatic carbocycles. The standard InChI is InChI=1S/C21H23BrN4O3S/c1-24(2)30(28,29)20-14-17(6-9-19(20)22)21(27)26-11-3-10-25(12-13-26)18-7-4-16(15-23)5-8-18/h4-9,14H,3,10-13H2,1-2H3. The zero-order chi connectivity index (χ0) is 21.9. The first-order chi connectivity index (χ1) is 14.2. The smallest absolute Gasteiger partial charge is 0.253 e. The lowest BCUT2D eigenvalue weighted by Crippen LogP contribution is -2.35. The Morgan fingerprint density at radius 1 is 1.07 bits per heavy atom. The minimum Gasteiger partial charge on any atom is -0.370 e. The summed E-state index contributed by atoms with van der Waals surface area (Å²) in [6.45, 7) is 2.59. The Kier molecular flexibility index (Phi) is 6.81. The number of sulfonamides is 1. The second-order valence-corrected chi connectivity index (χ2v) is 10.2. The molecule has 0 atom stereocenters. The predicted octanol–water partition coefficient (Wildman–Crippen LogP) is 2.92. The van der Waals surface area contributed by atoms with Gasteiger partial charge in [-0.3, -0.25) is 4.79 Å². The maximum atomic E-state index is 13.1. The molecule has 0 unspecified atom stereocenters. The number of hydrogen-bond acceptors (Lipinski definition) is 5. The molecule has 1 aliphatic heterocycles. The van der Waals surface area contributed by atoms with E-state index in [1.54, 1.807) is 29.2 Å². The van der Waals surface area contributed by atoms with Gasteiger partial charge in [0.25, 0.3) is 5.91 Å². The number of carbonyl (C=O) groups is 1. The summed E-state index contributed by atoms with van der Waals surface area (Å²) in [5.74, 6) is -0.181. The van der Waals surface area contributed by atoms with Crippen LogP contribution in [0.1, 0.15) is 22.3 Å². The molecule has 0 aliphatic carbocycles. The van der Waals surface area contributed by atoms with Crippen LogP contribution in [0.3, 0.4) is 0 Å². The Hall–Kier alpha value is -2.41. The van der Waals surface area contributed by atoms with Gasteiger partial charge in [-0.1, -0.05) is 0 Å². The van der Waals surface area contributed by atoms with Gasteiger partial charge in [0.15, 0.2) is 0 Å². The van der Waals surface area contributed by atoms with E-state index < -0.39 is 10.0 Å². The molecule has 0 radical (unpaired) electrons. The van der Waals surface area contributed by atoms with Gasteiger partial charge in [-0.2, -0.15) is 5.26 Å². The summed E-state index contributed by atoms with van der Waals surface area (Å²) in [5.41, 5.74) is 1.99. The number of nitriles is 1. The summed E-state index contributed by atoms with van der Waals surface area (Å²) < 4.78 is 26.7. The van der Waals surface area contributed by atoms with Crippen molar-refractivity contribution in [2.24, 2.45) is 0 Å². The number of hydrogen-bond donors (Lipinski definition) is 0. The molecule has 2 aromatic rings. The number of amides is 1. The van der Waals surface area contributed by atoms with Crippen LogP contribution in [0.5, 0.6) is 0 Å². The molecular formula is C21H23BrN4O3S. The summed E-state index contributed by atoms with van der Waals surface area (Å²) in [6.07, 6.45) is 0.797. The Balaban J connectivity index is 1.77. The van der Waals surface area contributed by atoms with Crippen LogP contribution in [-0.4, -0.2) is 63.8 Å². The Morgan fingerprint density at radius 2 is 1.77 bits per heavy atom. The van der Waals surface area contributed by atoms with Crippen LogP contribution >= 0.6 is 15.9 Å². The number of rotatable bonds is 4. The van der Waals surface area contributed by atoms with E-state index in [4.69, 9.17) is 5.26 Å². The topological polar surface area (TPSA) is 84.7 Å². The molecule has 0 N–H and O–H groups in total. The quantitative estimate of drug-likeness (QED) is 0.657. The summed E-state index contributed by atoms with van der Waals surface area (Å²) in [5, 5.41) is 8.95. The van der Waals surface area contributed by atoms with Gasteiger partial charge < -0.3 is 9.80 Å². The highest BCUT2D eigenvalue weighted by atomic mass is 79.9. The van der Waals surface area contributed by atoms with Gasteiger partial charge in [-0.25, -0.2) is 12.7 Å². The summed E-state index contributed by atoms with van der Waals surface area (Å²) in [6, 6.07) is 14.2. The van der Waals surface area contributed by atoms with Crippen LogP contribution in [0.15, 0.2) is 51.8 Å². The van der Waals surface area contributed by atoms with Gasteiger partial charge in [0.2, 0.25) is 10.0 Å². The van der Waals surface area contributed by atoms with Gasteiger partial charge in [0.05, 0.1) is 16.5 Å². The first-order valence-electron chi connectivity index (χ1n) is 9.50. The van der Waals surface area contributed by atoms with Crippen molar-refractivity contribution in [3.05, 3.63) is 58.1 Å². The molecule has 158 valence electrons. The average molecular weight is 491 g/mol. The molecule has 1 saturated heterocycles. The molecule has 3 rings (SSSR count). The zero-order valence-corrected chi connectivity index (χ0v) is 19.3. The van der Waals surface area contributed by atoms with Crippen molar-refractivity contribution in [3.63, 3.8) is 0 Å². The fraction of sp³-hybridized carbons (Fsp3) is 0.333. The van der Waals surface area contributed by atoms with Gasteiger partial charge in [0.1, 0.15) is 0 Å². The third-order valence-corrected chi connectivity index (χ3v) is 7.89. The minimum absolute atomic E-state index is 0.0763. The summed E-state index contributed by atoms with van der Waals surface area (Å²) in [7, 11) is -0.745. The second kappa shape index (κ2) is 9.16. The van der Waals surface area contributed by atoms with Crippen LogP contribution in [-0.2, 0) is 10.0 Å². The number of halogens is 1. The predicted molar refractivity (Wildman–Crippen MR) is 119 cm³/mol. The van der Waals surface area contributed by atoms with Gasteiger partial charge >= 0.3 is 0 Å². The van der Waals surface area contributed by atoms with E-state index in [9.17, 15) is 13.2 Å². The molecular weight excluding hydrogens is 468 g/mol. The van der Waals surface area contributed by atoms with Crippen molar-refractivity contribution in [2.45, 2.75) is 11.3 Å². The van der Waals surface area contributed by atoms with Crippen molar-refractivity contribution in [1.82, 2.24) is 9.21 Å². The molecule has 1 aliphatic rings. The lowest BCUT2D eigenvalue weighted by molar-refractivity contribution is 0.0766. The van der Waals surface area contributed by atoms with E-state index in [0.717, 1.165) is 23.0 Å². The van der Waals surface area contributed by atoms with Gasteiger partial charge in [-0.15, -0.1) is 0 Å². The molecule has 1 fully saturated rings. The molecule has 30 heavy (non-hydrogen) atoms. The lowest BCUT2D eigenvalue weighted by atomic mass is 10.2. The number of carbonyl (C=O) groups excluding carboxylic acids is 1. The molecule has 0 spiro atoms. The van der Waals surface area contributed by atoms with Crippen molar-refractivity contribution < 1.29 is 13.2 Å². The van der Waals surface area contributed by atoms with E-state index in [1.807, 2.05) is 12.1 Å². The third-order valence-electron chi connectivity index (χ3n) is 5.08. The highest BCUT2D eigenvalue weighted by Crippen LogP contribution is 2.26. The van der Waals surface area contributed by atoms with Crippen molar-refractivity contribution in [2.75, 3.05) is 45.2 Å². The molecule has 0 bridgehead atoms. The number of benzene rings is 2. The average Bonchev–Trinajstić information content (AvgIpc) is 2.99. The lowest BCUT2D eigenvalue weighted by Gasteiger charge is -2.24. The van der Waals surface area contributed by atoms with Crippen molar-refractivity contribution in [3.8, 4) is 6.07 Å². The third kappa shape index (κ3) is 4.67. The van der Waals surface area contributed by atoms with E-state index in [0.29, 0.717) is 35.2 Å². The molecule has 1 heterocycles. The maximum Gasteiger partial charge on any atom is 0.253 e. The van der Waals surface area contributed by atoms with E-state index in [-0.39, 0.29) is 10.8 Å². The fourth-order valence-electron chi connectivity index (χ4n) is 3.34. The first kappa shape index (κ1) is 22.3. The van der Waals surface area contributed by atoms with Gasteiger partial charge in [-0.05, 0) is 64.8 Å². The second-order valence-electron chi connectivity index (χ2n) is 7.22. The first-order valence-corrected chi connectivity index (χ1v) is 11.7. The number of anilines is 1. The van der Waals surface area contributed by atoms with Crippen LogP contribution < -0.4 is 4.90 Å². The molecule has 1 amide bonds. The Morgan fingerprint density at radius 3 is 2.40 bits per heavy atom. The largest absolute Gasteiger partial charge is 0.370 e. The zero-order valence-electron chi connectivity index (χ0n) is 16.9. The minimum atomic E-state index is -3.67. The summed E-state index contributed by atoms with van der Waals surface area (Å²) >= 11 is 3.28. The molecule has 0 saturated carbocycles. The molecule has 0 aromatic heterocycles.